The zero-order valence-corrected chi connectivity index (χ0v) is 20.4. The fourth-order valence-electron chi connectivity index (χ4n) is 4.81. The summed E-state index contributed by atoms with van der Waals surface area (Å²) in [6, 6.07) is 19.9. The van der Waals surface area contributed by atoms with Crippen LogP contribution in [0.2, 0.25) is 0 Å². The summed E-state index contributed by atoms with van der Waals surface area (Å²) in [5.74, 6) is 0.205. The number of aryl methyl sites for hydroxylation is 1. The highest BCUT2D eigenvalue weighted by molar-refractivity contribution is 5.96. The van der Waals surface area contributed by atoms with Gasteiger partial charge in [0.05, 0.1) is 13.7 Å². The molecule has 35 heavy (non-hydrogen) atoms. The van der Waals surface area contributed by atoms with Gasteiger partial charge in [0.2, 0.25) is 5.91 Å². The van der Waals surface area contributed by atoms with Crippen LogP contribution in [0, 0.1) is 6.92 Å². The molecule has 1 atom stereocenters. The minimum absolute atomic E-state index is 0.126. The van der Waals surface area contributed by atoms with Gasteiger partial charge in [-0.3, -0.25) is 14.6 Å². The lowest BCUT2D eigenvalue weighted by molar-refractivity contribution is -0.127. The summed E-state index contributed by atoms with van der Waals surface area (Å²) in [6.45, 7) is 2.18. The number of aromatic nitrogens is 1. The van der Waals surface area contributed by atoms with E-state index in [9.17, 15) is 9.59 Å². The van der Waals surface area contributed by atoms with Gasteiger partial charge in [-0.2, -0.15) is 0 Å². The quantitative estimate of drug-likeness (QED) is 0.488. The molecule has 6 heteroatoms. The molecule has 1 heterocycles. The van der Waals surface area contributed by atoms with Gasteiger partial charge in [0.1, 0.15) is 17.5 Å². The van der Waals surface area contributed by atoms with Gasteiger partial charge in [-0.1, -0.05) is 67.8 Å². The monoisotopic (exact) mass is 471 g/mol. The smallest absolute Gasteiger partial charge is 0.273 e. The molecule has 0 aliphatic heterocycles. The minimum Gasteiger partial charge on any atom is -0.496 e. The standard InChI is InChI=1S/C29H33N3O3/c1-21-12-6-8-16-24(21)27(28(33)31-23-14-4-3-5-15-23)32(29(34)25-17-10-11-19-30-25)20-22-13-7-9-18-26(22)35-2/h6-13,16-19,23,27H,3-5,14-15,20H2,1-2H3,(H,31,33)/t27-/m0/s1. The molecule has 2 aromatic carbocycles. The maximum Gasteiger partial charge on any atom is 0.273 e. The van der Waals surface area contributed by atoms with Crippen molar-refractivity contribution in [3.05, 3.63) is 95.3 Å². The molecule has 3 aromatic rings. The first kappa shape index (κ1) is 24.5. The van der Waals surface area contributed by atoms with Crippen molar-refractivity contribution < 1.29 is 14.3 Å². The van der Waals surface area contributed by atoms with E-state index in [-0.39, 0.29) is 24.4 Å². The third-order valence-corrected chi connectivity index (χ3v) is 6.67. The van der Waals surface area contributed by atoms with Crippen LogP contribution < -0.4 is 10.1 Å². The van der Waals surface area contributed by atoms with E-state index in [4.69, 9.17) is 4.74 Å². The highest BCUT2D eigenvalue weighted by Gasteiger charge is 2.35. The summed E-state index contributed by atoms with van der Waals surface area (Å²) in [7, 11) is 1.61. The molecule has 0 spiro atoms. The molecule has 1 aromatic heterocycles. The second-order valence-electron chi connectivity index (χ2n) is 9.06. The molecule has 6 nitrogen and oxygen atoms in total. The van der Waals surface area contributed by atoms with Crippen LogP contribution >= 0.6 is 0 Å². The minimum atomic E-state index is -0.808. The van der Waals surface area contributed by atoms with E-state index < -0.39 is 6.04 Å². The number of para-hydroxylation sites is 1. The number of carbonyl (C=O) groups excluding carboxylic acids is 2. The Bertz CT molecular complexity index is 1140. The van der Waals surface area contributed by atoms with E-state index in [1.807, 2.05) is 55.5 Å². The van der Waals surface area contributed by atoms with E-state index in [0.717, 1.165) is 42.4 Å². The molecule has 4 rings (SSSR count). The van der Waals surface area contributed by atoms with Gasteiger partial charge in [-0.15, -0.1) is 0 Å². The molecule has 2 amide bonds. The number of hydrogen-bond acceptors (Lipinski definition) is 4. The Morgan fingerprint density at radius 2 is 1.71 bits per heavy atom. The van der Waals surface area contributed by atoms with Gasteiger partial charge in [0, 0.05) is 17.8 Å². The zero-order valence-electron chi connectivity index (χ0n) is 20.4. The average molecular weight is 472 g/mol. The lowest BCUT2D eigenvalue weighted by atomic mass is 9.93. The third kappa shape index (κ3) is 5.88. The highest BCUT2D eigenvalue weighted by atomic mass is 16.5. The first-order chi connectivity index (χ1) is 17.1. The van der Waals surface area contributed by atoms with Crippen LogP contribution in [-0.4, -0.2) is 34.8 Å². The Labute approximate surface area is 207 Å². The lowest BCUT2D eigenvalue weighted by Gasteiger charge is -2.34. The van der Waals surface area contributed by atoms with Crippen molar-refractivity contribution in [1.82, 2.24) is 15.2 Å². The molecule has 1 saturated carbocycles. The van der Waals surface area contributed by atoms with Crippen molar-refractivity contribution in [2.75, 3.05) is 7.11 Å². The Balaban J connectivity index is 1.78. The second kappa shape index (κ2) is 11.6. The predicted octanol–water partition coefficient (Wildman–Crippen LogP) is 5.23. The first-order valence-corrected chi connectivity index (χ1v) is 12.3. The van der Waals surface area contributed by atoms with Crippen LogP contribution in [0.1, 0.15) is 65.3 Å². The fourth-order valence-corrected chi connectivity index (χ4v) is 4.81. The van der Waals surface area contributed by atoms with Crippen LogP contribution in [0.4, 0.5) is 0 Å². The summed E-state index contributed by atoms with van der Waals surface area (Å²) in [4.78, 5) is 33.8. The largest absolute Gasteiger partial charge is 0.496 e. The second-order valence-corrected chi connectivity index (χ2v) is 9.06. The van der Waals surface area contributed by atoms with Gasteiger partial charge in [0.25, 0.3) is 5.91 Å². The van der Waals surface area contributed by atoms with E-state index >= 15 is 0 Å². The lowest BCUT2D eigenvalue weighted by Crippen LogP contribution is -2.47. The molecular formula is C29H33N3O3. The van der Waals surface area contributed by atoms with Crippen LogP contribution in [0.3, 0.4) is 0 Å². The van der Waals surface area contributed by atoms with Gasteiger partial charge < -0.3 is 15.0 Å². The number of nitrogens with one attached hydrogen (secondary N) is 1. The van der Waals surface area contributed by atoms with Gasteiger partial charge in [-0.05, 0) is 49.1 Å². The van der Waals surface area contributed by atoms with E-state index in [1.165, 1.54) is 6.42 Å². The Hall–Kier alpha value is -3.67. The van der Waals surface area contributed by atoms with Gasteiger partial charge in [-0.25, -0.2) is 0 Å². The summed E-state index contributed by atoms with van der Waals surface area (Å²) in [5, 5.41) is 3.26. The molecule has 182 valence electrons. The molecule has 0 unspecified atom stereocenters. The van der Waals surface area contributed by atoms with Crippen LogP contribution in [0.5, 0.6) is 5.75 Å². The van der Waals surface area contributed by atoms with Crippen molar-refractivity contribution in [2.24, 2.45) is 0 Å². The number of carbonyl (C=O) groups is 2. The average Bonchev–Trinajstić information content (AvgIpc) is 2.90. The number of rotatable bonds is 8. The normalized spacial score (nSPS) is 14.7. The van der Waals surface area contributed by atoms with Crippen molar-refractivity contribution in [3.8, 4) is 5.75 Å². The van der Waals surface area contributed by atoms with E-state index in [2.05, 4.69) is 10.3 Å². The Kier molecular flexibility index (Phi) is 8.14. The molecule has 0 bridgehead atoms. The molecule has 1 N–H and O–H groups in total. The van der Waals surface area contributed by atoms with Crippen LogP contribution in [-0.2, 0) is 11.3 Å². The van der Waals surface area contributed by atoms with Crippen molar-refractivity contribution in [2.45, 2.75) is 57.7 Å². The molecule has 1 aliphatic rings. The van der Waals surface area contributed by atoms with E-state index in [0.29, 0.717) is 11.4 Å². The first-order valence-electron chi connectivity index (χ1n) is 12.3. The van der Waals surface area contributed by atoms with Crippen LogP contribution in [0.15, 0.2) is 72.9 Å². The predicted molar refractivity (Wildman–Crippen MR) is 136 cm³/mol. The third-order valence-electron chi connectivity index (χ3n) is 6.67. The Morgan fingerprint density at radius 3 is 2.43 bits per heavy atom. The topological polar surface area (TPSA) is 71.5 Å². The number of nitrogens with zero attached hydrogens (tertiary/aromatic N) is 2. The number of benzene rings is 2. The zero-order chi connectivity index (χ0) is 24.6. The van der Waals surface area contributed by atoms with E-state index in [1.54, 1.807) is 36.4 Å². The van der Waals surface area contributed by atoms with Gasteiger partial charge >= 0.3 is 0 Å². The van der Waals surface area contributed by atoms with Crippen molar-refractivity contribution >= 4 is 11.8 Å². The summed E-state index contributed by atoms with van der Waals surface area (Å²) in [5.41, 5.74) is 2.88. The summed E-state index contributed by atoms with van der Waals surface area (Å²) >= 11 is 0. The molecule has 1 fully saturated rings. The highest BCUT2D eigenvalue weighted by Crippen LogP contribution is 2.31. The van der Waals surface area contributed by atoms with Crippen molar-refractivity contribution in [1.29, 1.82) is 0 Å². The Morgan fingerprint density at radius 1 is 1.00 bits per heavy atom. The number of amides is 2. The molecule has 0 radical (unpaired) electrons. The maximum absolute atomic E-state index is 13.9. The number of hydrogen-bond donors (Lipinski definition) is 1. The molecule has 1 aliphatic carbocycles. The number of pyridine rings is 1. The summed E-state index contributed by atoms with van der Waals surface area (Å²) in [6.07, 6.45) is 6.94. The SMILES string of the molecule is COc1ccccc1CN(C(=O)c1ccccn1)[C@H](C(=O)NC1CCCCC1)c1ccccc1C. The van der Waals surface area contributed by atoms with Gasteiger partial charge in [0.15, 0.2) is 0 Å². The molecule has 0 saturated heterocycles. The fraction of sp³-hybridized carbons (Fsp3) is 0.345. The number of methoxy groups -OCH3 is 1. The van der Waals surface area contributed by atoms with Crippen LogP contribution in [0.25, 0.3) is 0 Å². The maximum atomic E-state index is 13.9. The number of ether oxygens (including phenoxy) is 1. The van der Waals surface area contributed by atoms with Crippen molar-refractivity contribution in [3.63, 3.8) is 0 Å². The summed E-state index contributed by atoms with van der Waals surface area (Å²) < 4.78 is 5.57. The molecular weight excluding hydrogens is 438 g/mol.